The molecule has 0 atom stereocenters. The SMILES string of the molecule is Cc1sc(CCl)cc1S(=O)(=O)N(C)CC1CCC1. The molecular weight excluding hydrogens is 290 g/mol. The molecule has 1 aromatic heterocycles. The number of alkyl halides is 1. The molecule has 0 saturated heterocycles. The lowest BCUT2D eigenvalue weighted by Gasteiger charge is -2.29. The van der Waals surface area contributed by atoms with Crippen LogP contribution in [0.1, 0.15) is 29.0 Å². The molecule has 2 rings (SSSR count). The summed E-state index contributed by atoms with van der Waals surface area (Å²) < 4.78 is 26.4. The van der Waals surface area contributed by atoms with Gasteiger partial charge < -0.3 is 0 Å². The average molecular weight is 308 g/mol. The fourth-order valence-electron chi connectivity index (χ4n) is 2.15. The van der Waals surface area contributed by atoms with E-state index >= 15 is 0 Å². The van der Waals surface area contributed by atoms with Crippen LogP contribution in [0.3, 0.4) is 0 Å². The van der Waals surface area contributed by atoms with Crippen LogP contribution in [0.2, 0.25) is 0 Å². The summed E-state index contributed by atoms with van der Waals surface area (Å²) in [5, 5.41) is 0. The number of nitrogens with zero attached hydrogens (tertiary/aromatic N) is 1. The first-order valence-corrected chi connectivity index (χ1v) is 8.86. The van der Waals surface area contributed by atoms with E-state index in [-0.39, 0.29) is 0 Å². The van der Waals surface area contributed by atoms with E-state index in [2.05, 4.69) is 0 Å². The molecule has 1 saturated carbocycles. The maximum Gasteiger partial charge on any atom is 0.243 e. The zero-order chi connectivity index (χ0) is 13.3. The maximum atomic E-state index is 12.4. The molecule has 1 aromatic rings. The predicted octanol–water partition coefficient (Wildman–Crippen LogP) is 3.22. The van der Waals surface area contributed by atoms with Crippen molar-refractivity contribution in [1.29, 1.82) is 0 Å². The minimum atomic E-state index is -3.35. The van der Waals surface area contributed by atoms with E-state index in [1.165, 1.54) is 22.1 Å². The summed E-state index contributed by atoms with van der Waals surface area (Å²) in [6.07, 6.45) is 3.53. The first-order valence-electron chi connectivity index (χ1n) is 6.06. The van der Waals surface area contributed by atoms with Crippen LogP contribution in [0.5, 0.6) is 0 Å². The van der Waals surface area contributed by atoms with E-state index in [1.54, 1.807) is 13.1 Å². The molecule has 1 aliphatic carbocycles. The molecule has 18 heavy (non-hydrogen) atoms. The molecule has 6 heteroatoms. The Hall–Kier alpha value is -0.100. The van der Waals surface area contributed by atoms with E-state index < -0.39 is 10.0 Å². The van der Waals surface area contributed by atoms with Crippen molar-refractivity contribution < 1.29 is 8.42 Å². The van der Waals surface area contributed by atoms with Crippen LogP contribution in [-0.4, -0.2) is 26.3 Å². The highest BCUT2D eigenvalue weighted by Crippen LogP contribution is 2.31. The summed E-state index contributed by atoms with van der Waals surface area (Å²) in [6, 6.07) is 1.71. The van der Waals surface area contributed by atoms with Gasteiger partial charge in [0.1, 0.15) is 0 Å². The van der Waals surface area contributed by atoms with Crippen LogP contribution in [0, 0.1) is 12.8 Å². The quantitative estimate of drug-likeness (QED) is 0.783. The Morgan fingerprint density at radius 2 is 2.17 bits per heavy atom. The van der Waals surface area contributed by atoms with Gasteiger partial charge in [-0.05, 0) is 31.7 Å². The van der Waals surface area contributed by atoms with Crippen molar-refractivity contribution in [2.24, 2.45) is 5.92 Å². The molecule has 0 unspecified atom stereocenters. The zero-order valence-corrected chi connectivity index (χ0v) is 13.0. The summed E-state index contributed by atoms with van der Waals surface area (Å²) >= 11 is 7.22. The van der Waals surface area contributed by atoms with Crippen molar-refractivity contribution in [2.75, 3.05) is 13.6 Å². The van der Waals surface area contributed by atoms with Gasteiger partial charge in [0.15, 0.2) is 0 Å². The van der Waals surface area contributed by atoms with Crippen molar-refractivity contribution in [3.8, 4) is 0 Å². The van der Waals surface area contributed by atoms with Gasteiger partial charge in [-0.25, -0.2) is 12.7 Å². The highest BCUT2D eigenvalue weighted by atomic mass is 35.5. The third-order valence-electron chi connectivity index (χ3n) is 3.48. The molecule has 1 fully saturated rings. The second kappa shape index (κ2) is 5.49. The summed E-state index contributed by atoms with van der Waals surface area (Å²) in [5.74, 6) is 0.907. The lowest BCUT2D eigenvalue weighted by molar-refractivity contribution is 0.263. The molecule has 1 aliphatic rings. The minimum Gasteiger partial charge on any atom is -0.207 e. The van der Waals surface area contributed by atoms with Crippen LogP contribution >= 0.6 is 22.9 Å². The number of hydrogen-bond donors (Lipinski definition) is 0. The molecule has 102 valence electrons. The van der Waals surface area contributed by atoms with Crippen molar-refractivity contribution in [3.05, 3.63) is 15.8 Å². The monoisotopic (exact) mass is 307 g/mol. The number of sulfonamides is 1. The Morgan fingerprint density at radius 3 is 2.61 bits per heavy atom. The van der Waals surface area contributed by atoms with Gasteiger partial charge in [0.25, 0.3) is 0 Å². The van der Waals surface area contributed by atoms with Gasteiger partial charge in [0.05, 0.1) is 10.8 Å². The molecule has 0 aliphatic heterocycles. The molecule has 0 N–H and O–H groups in total. The fourth-order valence-corrected chi connectivity index (χ4v) is 5.09. The smallest absolute Gasteiger partial charge is 0.207 e. The number of rotatable bonds is 5. The van der Waals surface area contributed by atoms with Gasteiger partial charge in [-0.1, -0.05) is 6.42 Å². The molecule has 0 amide bonds. The Bertz CT molecular complexity index is 520. The number of aryl methyl sites for hydroxylation is 1. The number of halogens is 1. The van der Waals surface area contributed by atoms with Crippen LogP contribution in [0.15, 0.2) is 11.0 Å². The molecular formula is C12H18ClNO2S2. The van der Waals surface area contributed by atoms with Gasteiger partial charge in [0.2, 0.25) is 10.0 Å². The first kappa shape index (κ1) is 14.3. The second-order valence-electron chi connectivity index (χ2n) is 4.85. The standard InChI is InChI=1S/C12H18ClNO2S2/c1-9-12(6-11(7-13)17-9)18(15,16)14(2)8-10-4-3-5-10/h6,10H,3-5,7-8H2,1-2H3. The lowest BCUT2D eigenvalue weighted by Crippen LogP contribution is -2.34. The highest BCUT2D eigenvalue weighted by molar-refractivity contribution is 7.89. The van der Waals surface area contributed by atoms with Crippen molar-refractivity contribution >= 4 is 33.0 Å². The molecule has 3 nitrogen and oxygen atoms in total. The van der Waals surface area contributed by atoms with Gasteiger partial charge in [-0.15, -0.1) is 22.9 Å². The van der Waals surface area contributed by atoms with E-state index in [1.807, 2.05) is 6.92 Å². The third-order valence-corrected chi connectivity index (χ3v) is 7.06. The van der Waals surface area contributed by atoms with Crippen molar-refractivity contribution in [2.45, 2.75) is 37.0 Å². The summed E-state index contributed by atoms with van der Waals surface area (Å²) in [6.45, 7) is 2.47. The van der Waals surface area contributed by atoms with Crippen LogP contribution in [-0.2, 0) is 15.9 Å². The topological polar surface area (TPSA) is 37.4 Å². The van der Waals surface area contributed by atoms with E-state index in [4.69, 9.17) is 11.6 Å². The van der Waals surface area contributed by atoms with E-state index in [9.17, 15) is 8.42 Å². The lowest BCUT2D eigenvalue weighted by atomic mass is 9.86. The van der Waals surface area contributed by atoms with Crippen molar-refractivity contribution in [3.63, 3.8) is 0 Å². The molecule has 0 radical (unpaired) electrons. The largest absolute Gasteiger partial charge is 0.243 e. The van der Waals surface area contributed by atoms with Gasteiger partial charge in [0, 0.05) is 23.3 Å². The fraction of sp³-hybridized carbons (Fsp3) is 0.667. The maximum absolute atomic E-state index is 12.4. The highest BCUT2D eigenvalue weighted by Gasteiger charge is 2.28. The third kappa shape index (κ3) is 2.74. The van der Waals surface area contributed by atoms with Crippen LogP contribution in [0.25, 0.3) is 0 Å². The van der Waals surface area contributed by atoms with E-state index in [0.717, 1.165) is 22.6 Å². The summed E-state index contributed by atoms with van der Waals surface area (Å²) in [7, 11) is -1.67. The first-order chi connectivity index (χ1) is 8.45. The van der Waals surface area contributed by atoms with Crippen LogP contribution < -0.4 is 0 Å². The molecule has 0 spiro atoms. The molecule has 0 aromatic carbocycles. The Labute approximate surface area is 118 Å². The van der Waals surface area contributed by atoms with Gasteiger partial charge in [-0.2, -0.15) is 0 Å². The van der Waals surface area contributed by atoms with E-state index in [0.29, 0.717) is 23.2 Å². The normalized spacial score (nSPS) is 17.1. The van der Waals surface area contributed by atoms with Crippen LogP contribution in [0.4, 0.5) is 0 Å². The van der Waals surface area contributed by atoms with Gasteiger partial charge in [-0.3, -0.25) is 0 Å². The zero-order valence-electron chi connectivity index (χ0n) is 10.6. The Morgan fingerprint density at radius 1 is 1.50 bits per heavy atom. The Balaban J connectivity index is 2.20. The summed E-state index contributed by atoms with van der Waals surface area (Å²) in [4.78, 5) is 2.15. The summed E-state index contributed by atoms with van der Waals surface area (Å²) in [5.41, 5.74) is 0. The predicted molar refractivity (Wildman–Crippen MR) is 75.8 cm³/mol. The second-order valence-corrected chi connectivity index (χ2v) is 8.47. The molecule has 1 heterocycles. The minimum absolute atomic E-state index is 0.368. The number of hydrogen-bond acceptors (Lipinski definition) is 3. The number of thiophene rings is 1. The average Bonchev–Trinajstić information content (AvgIpc) is 2.65. The Kier molecular flexibility index (Phi) is 4.36. The van der Waals surface area contributed by atoms with Gasteiger partial charge >= 0.3 is 0 Å². The van der Waals surface area contributed by atoms with Crippen molar-refractivity contribution in [1.82, 2.24) is 4.31 Å². The molecule has 0 bridgehead atoms.